The highest BCUT2D eigenvalue weighted by atomic mass is 32.2. The quantitative estimate of drug-likeness (QED) is 0.789. The normalized spacial score (nSPS) is 19.2. The van der Waals surface area contributed by atoms with Gasteiger partial charge in [0.1, 0.15) is 10.5 Å². The summed E-state index contributed by atoms with van der Waals surface area (Å²) in [4.78, 5) is 4.74. The first-order valence-electron chi connectivity index (χ1n) is 7.23. The maximum absolute atomic E-state index is 11.5. The molecule has 1 atom stereocenters. The molecule has 0 aliphatic carbocycles. The molecule has 1 aliphatic heterocycles. The molecule has 23 heavy (non-hydrogen) atoms. The Hall–Kier alpha value is -2.18. The van der Waals surface area contributed by atoms with Gasteiger partial charge in [-0.15, -0.1) is 11.3 Å². The summed E-state index contributed by atoms with van der Waals surface area (Å²) < 4.78 is 24.2. The smallest absolute Gasteiger partial charge is 0.173 e. The minimum Gasteiger partial charge on any atom is -0.376 e. The highest BCUT2D eigenvalue weighted by Crippen LogP contribution is 2.34. The molecule has 2 aromatic carbocycles. The first-order valence-corrected chi connectivity index (χ1v) is 9.76. The van der Waals surface area contributed by atoms with Crippen LogP contribution in [0.2, 0.25) is 0 Å². The number of aromatic nitrogens is 1. The van der Waals surface area contributed by atoms with Crippen molar-refractivity contribution in [3.05, 3.63) is 60.0 Å². The van der Waals surface area contributed by atoms with E-state index in [1.54, 1.807) is 17.4 Å². The third-order valence-electron chi connectivity index (χ3n) is 3.71. The van der Waals surface area contributed by atoms with Crippen LogP contribution in [-0.4, -0.2) is 25.2 Å². The van der Waals surface area contributed by atoms with Crippen LogP contribution in [-0.2, 0) is 9.84 Å². The molecular weight excluding hydrogens is 328 g/mol. The molecule has 0 bridgehead atoms. The molecule has 1 aliphatic rings. The van der Waals surface area contributed by atoms with Gasteiger partial charge in [-0.3, -0.25) is 0 Å². The lowest BCUT2D eigenvalue weighted by Crippen LogP contribution is -2.20. The number of benzene rings is 2. The number of anilines is 1. The maximum atomic E-state index is 11.5. The molecule has 1 N–H and O–H groups in total. The van der Waals surface area contributed by atoms with E-state index in [2.05, 4.69) is 5.32 Å². The van der Waals surface area contributed by atoms with Crippen molar-refractivity contribution in [2.75, 3.05) is 11.1 Å². The largest absolute Gasteiger partial charge is 0.376 e. The summed E-state index contributed by atoms with van der Waals surface area (Å²) in [7, 11) is -3.07. The zero-order chi connectivity index (χ0) is 15.9. The van der Waals surface area contributed by atoms with Crippen LogP contribution in [0.4, 0.5) is 5.69 Å². The summed E-state index contributed by atoms with van der Waals surface area (Å²) >= 11 is 1.63. The number of sulfone groups is 1. The van der Waals surface area contributed by atoms with Gasteiger partial charge in [-0.1, -0.05) is 42.5 Å². The van der Waals surface area contributed by atoms with Gasteiger partial charge in [0.15, 0.2) is 9.84 Å². The van der Waals surface area contributed by atoms with E-state index >= 15 is 0 Å². The van der Waals surface area contributed by atoms with E-state index in [0.717, 1.165) is 26.5 Å². The summed E-state index contributed by atoms with van der Waals surface area (Å²) in [5.74, 6) is 0.0963. The Labute approximate surface area is 138 Å². The molecule has 2 heterocycles. The number of para-hydroxylation sites is 1. The SMILES string of the molecule is O=S1(=O)C=CC(Nc2cccc3sc(-c4ccccc4)nc23)C1. The van der Waals surface area contributed by atoms with E-state index in [4.69, 9.17) is 4.98 Å². The van der Waals surface area contributed by atoms with Crippen LogP contribution < -0.4 is 5.32 Å². The van der Waals surface area contributed by atoms with Gasteiger partial charge in [0.25, 0.3) is 0 Å². The molecule has 116 valence electrons. The number of nitrogens with zero attached hydrogens (tertiary/aromatic N) is 1. The molecule has 4 nitrogen and oxygen atoms in total. The van der Waals surface area contributed by atoms with E-state index in [9.17, 15) is 8.42 Å². The van der Waals surface area contributed by atoms with Gasteiger partial charge < -0.3 is 5.32 Å². The Bertz CT molecular complexity index is 992. The first kappa shape index (κ1) is 14.4. The molecule has 0 spiro atoms. The highest BCUT2D eigenvalue weighted by Gasteiger charge is 2.22. The van der Waals surface area contributed by atoms with E-state index in [1.807, 2.05) is 48.5 Å². The summed E-state index contributed by atoms with van der Waals surface area (Å²) in [6.45, 7) is 0. The molecule has 0 saturated heterocycles. The fourth-order valence-electron chi connectivity index (χ4n) is 2.63. The number of nitrogens with one attached hydrogen (secondary N) is 1. The fourth-order valence-corrected chi connectivity index (χ4v) is 4.87. The Balaban J connectivity index is 1.71. The van der Waals surface area contributed by atoms with Gasteiger partial charge in [0, 0.05) is 11.0 Å². The van der Waals surface area contributed by atoms with Crippen LogP contribution >= 0.6 is 11.3 Å². The van der Waals surface area contributed by atoms with E-state index in [1.165, 1.54) is 5.41 Å². The second-order valence-electron chi connectivity index (χ2n) is 5.45. The van der Waals surface area contributed by atoms with Crippen LogP contribution in [0.3, 0.4) is 0 Å². The molecule has 0 saturated carbocycles. The standard InChI is InChI=1S/C17H14N2O2S2/c20-23(21)10-9-13(11-23)18-14-7-4-8-15-16(14)19-17(22-15)12-5-2-1-3-6-12/h1-10,13,18H,11H2. The minimum absolute atomic E-state index is 0.0963. The predicted molar refractivity (Wildman–Crippen MR) is 95.4 cm³/mol. The lowest BCUT2D eigenvalue weighted by molar-refractivity contribution is 0.605. The van der Waals surface area contributed by atoms with Crippen LogP contribution in [0, 0.1) is 0 Å². The van der Waals surface area contributed by atoms with Gasteiger partial charge in [0.2, 0.25) is 0 Å². The zero-order valence-corrected chi connectivity index (χ0v) is 13.8. The molecule has 3 aromatic rings. The van der Waals surface area contributed by atoms with Crippen molar-refractivity contribution in [2.45, 2.75) is 6.04 Å². The molecule has 0 fully saturated rings. The fraction of sp³-hybridized carbons (Fsp3) is 0.118. The molecule has 1 aromatic heterocycles. The number of rotatable bonds is 3. The van der Waals surface area contributed by atoms with Crippen molar-refractivity contribution in [1.82, 2.24) is 4.98 Å². The second kappa shape index (κ2) is 5.47. The lowest BCUT2D eigenvalue weighted by atomic mass is 10.2. The summed E-state index contributed by atoms with van der Waals surface area (Å²) in [5, 5.41) is 5.52. The Morgan fingerprint density at radius 2 is 1.91 bits per heavy atom. The van der Waals surface area contributed by atoms with Gasteiger partial charge in [-0.05, 0) is 12.1 Å². The third-order valence-corrected chi connectivity index (χ3v) is 6.18. The van der Waals surface area contributed by atoms with E-state index < -0.39 is 9.84 Å². The number of hydrogen-bond acceptors (Lipinski definition) is 5. The Morgan fingerprint density at radius 1 is 1.09 bits per heavy atom. The molecular formula is C17H14N2O2S2. The van der Waals surface area contributed by atoms with Gasteiger partial charge in [-0.2, -0.15) is 0 Å². The van der Waals surface area contributed by atoms with Crippen LogP contribution in [0.25, 0.3) is 20.8 Å². The average molecular weight is 342 g/mol. The number of thiazole rings is 1. The maximum Gasteiger partial charge on any atom is 0.173 e. The van der Waals surface area contributed by atoms with Crippen LogP contribution in [0.1, 0.15) is 0 Å². The number of fused-ring (bicyclic) bond motifs is 1. The van der Waals surface area contributed by atoms with E-state index in [-0.39, 0.29) is 11.8 Å². The van der Waals surface area contributed by atoms with Crippen molar-refractivity contribution in [3.8, 4) is 10.6 Å². The Kier molecular flexibility index (Phi) is 3.43. The summed E-state index contributed by atoms with van der Waals surface area (Å²) in [5.41, 5.74) is 2.84. The predicted octanol–water partition coefficient (Wildman–Crippen LogP) is 3.69. The monoisotopic (exact) mass is 342 g/mol. The molecule has 0 radical (unpaired) electrons. The van der Waals surface area contributed by atoms with Gasteiger partial charge in [0.05, 0.1) is 22.2 Å². The van der Waals surface area contributed by atoms with Gasteiger partial charge >= 0.3 is 0 Å². The summed E-state index contributed by atoms with van der Waals surface area (Å²) in [6.07, 6.45) is 1.69. The third kappa shape index (κ3) is 2.87. The number of hydrogen-bond donors (Lipinski definition) is 1. The topological polar surface area (TPSA) is 59.1 Å². The van der Waals surface area contributed by atoms with Crippen molar-refractivity contribution >= 4 is 37.1 Å². The lowest BCUT2D eigenvalue weighted by Gasteiger charge is -2.11. The van der Waals surface area contributed by atoms with Crippen molar-refractivity contribution in [3.63, 3.8) is 0 Å². The second-order valence-corrected chi connectivity index (χ2v) is 8.41. The van der Waals surface area contributed by atoms with Crippen molar-refractivity contribution in [2.24, 2.45) is 0 Å². The molecule has 0 amide bonds. The minimum atomic E-state index is -3.07. The average Bonchev–Trinajstić information content (AvgIpc) is 3.12. The van der Waals surface area contributed by atoms with E-state index in [0.29, 0.717) is 0 Å². The van der Waals surface area contributed by atoms with Gasteiger partial charge in [-0.25, -0.2) is 13.4 Å². The van der Waals surface area contributed by atoms with Crippen LogP contribution in [0.15, 0.2) is 60.0 Å². The zero-order valence-electron chi connectivity index (χ0n) is 12.1. The van der Waals surface area contributed by atoms with Crippen molar-refractivity contribution < 1.29 is 8.42 Å². The van der Waals surface area contributed by atoms with Crippen molar-refractivity contribution in [1.29, 1.82) is 0 Å². The highest BCUT2D eigenvalue weighted by molar-refractivity contribution is 7.94. The molecule has 4 rings (SSSR count). The summed E-state index contributed by atoms with van der Waals surface area (Å²) in [6, 6.07) is 15.8. The molecule has 1 unspecified atom stereocenters. The first-order chi connectivity index (χ1) is 11.1. The molecule has 6 heteroatoms. The van der Waals surface area contributed by atoms with Crippen LogP contribution in [0.5, 0.6) is 0 Å². The Morgan fingerprint density at radius 3 is 2.65 bits per heavy atom.